The molecule has 1 aromatic rings. The minimum absolute atomic E-state index is 0.00918. The van der Waals surface area contributed by atoms with E-state index in [-0.39, 0.29) is 11.5 Å². The van der Waals surface area contributed by atoms with Gasteiger partial charge in [-0.05, 0) is 38.1 Å². The first-order chi connectivity index (χ1) is 8.19. The predicted octanol–water partition coefficient (Wildman–Crippen LogP) is 1.12. The third-order valence-electron chi connectivity index (χ3n) is 2.51. The van der Waals surface area contributed by atoms with Crippen LogP contribution < -0.4 is 5.32 Å². The lowest BCUT2D eigenvalue weighted by Gasteiger charge is -2.25. The smallest absolute Gasteiger partial charge is 0.242 e. The van der Waals surface area contributed by atoms with Gasteiger partial charge in [-0.2, -0.15) is 0 Å². The van der Waals surface area contributed by atoms with Gasteiger partial charge in [0.2, 0.25) is 10.0 Å². The minimum Gasteiger partial charge on any atom is -0.394 e. The Kier molecular flexibility index (Phi) is 4.37. The van der Waals surface area contributed by atoms with Gasteiger partial charge in [0.05, 0.1) is 17.0 Å². The maximum atomic E-state index is 11.9. The summed E-state index contributed by atoms with van der Waals surface area (Å²) < 4.78 is 24.9. The number of aliphatic hydroxyl groups excluding tert-OH is 1. The van der Waals surface area contributed by atoms with Crippen LogP contribution in [0.4, 0.5) is 5.69 Å². The second-order valence-electron chi connectivity index (χ2n) is 4.98. The summed E-state index contributed by atoms with van der Waals surface area (Å²) in [5, 5.41) is 12.3. The fourth-order valence-electron chi connectivity index (χ4n) is 1.35. The number of rotatable bonds is 5. The molecule has 0 radical (unpaired) electrons. The van der Waals surface area contributed by atoms with Crippen LogP contribution in [0.5, 0.6) is 0 Å². The van der Waals surface area contributed by atoms with Gasteiger partial charge in [-0.15, -0.1) is 0 Å². The Hall–Kier alpha value is -1.11. The maximum absolute atomic E-state index is 11.9. The summed E-state index contributed by atoms with van der Waals surface area (Å²) in [7, 11) is -0.394. The molecule has 0 heterocycles. The second-order valence-corrected chi connectivity index (χ2v) is 7.13. The van der Waals surface area contributed by atoms with E-state index in [4.69, 9.17) is 5.11 Å². The topological polar surface area (TPSA) is 69.6 Å². The number of hydrogen-bond acceptors (Lipinski definition) is 4. The molecule has 6 heteroatoms. The number of benzene rings is 1. The van der Waals surface area contributed by atoms with Crippen molar-refractivity contribution in [3.63, 3.8) is 0 Å². The van der Waals surface area contributed by atoms with Gasteiger partial charge < -0.3 is 10.4 Å². The van der Waals surface area contributed by atoms with E-state index in [2.05, 4.69) is 5.32 Å². The summed E-state index contributed by atoms with van der Waals surface area (Å²) >= 11 is 0. The molecule has 0 atom stereocenters. The predicted molar refractivity (Wildman–Crippen MR) is 72.1 cm³/mol. The SMILES string of the molecule is CN(C)S(=O)(=O)c1ccc(NC(C)(C)CO)cc1. The molecule has 2 N–H and O–H groups in total. The largest absolute Gasteiger partial charge is 0.394 e. The van der Waals surface area contributed by atoms with Gasteiger partial charge in [0.1, 0.15) is 0 Å². The normalized spacial score (nSPS) is 12.8. The van der Waals surface area contributed by atoms with Crippen LogP contribution in [0.3, 0.4) is 0 Å². The van der Waals surface area contributed by atoms with E-state index in [1.165, 1.54) is 18.4 Å². The van der Waals surface area contributed by atoms with E-state index in [1.54, 1.807) is 24.3 Å². The number of anilines is 1. The number of nitrogens with one attached hydrogen (secondary N) is 1. The van der Waals surface area contributed by atoms with E-state index < -0.39 is 15.6 Å². The van der Waals surface area contributed by atoms with Crippen molar-refractivity contribution in [2.24, 2.45) is 0 Å². The summed E-state index contributed by atoms with van der Waals surface area (Å²) in [6.07, 6.45) is 0. The Balaban J connectivity index is 2.94. The van der Waals surface area contributed by atoms with E-state index in [1.807, 2.05) is 13.8 Å². The van der Waals surface area contributed by atoms with Crippen LogP contribution in [0.15, 0.2) is 29.2 Å². The summed E-state index contributed by atoms with van der Waals surface area (Å²) in [6, 6.07) is 6.47. The van der Waals surface area contributed by atoms with Gasteiger partial charge in [-0.3, -0.25) is 0 Å². The van der Waals surface area contributed by atoms with Crippen LogP contribution in [0.2, 0.25) is 0 Å². The Morgan fingerprint density at radius 1 is 1.22 bits per heavy atom. The zero-order valence-electron chi connectivity index (χ0n) is 11.1. The zero-order valence-corrected chi connectivity index (χ0v) is 12.0. The quantitative estimate of drug-likeness (QED) is 0.843. The van der Waals surface area contributed by atoms with Crippen LogP contribution in [0.25, 0.3) is 0 Å². The first kappa shape index (κ1) is 14.9. The molecular weight excluding hydrogens is 252 g/mol. The molecule has 0 aliphatic heterocycles. The van der Waals surface area contributed by atoms with E-state index in [0.717, 1.165) is 5.69 Å². The Morgan fingerprint density at radius 2 is 1.72 bits per heavy atom. The lowest BCUT2D eigenvalue weighted by Crippen LogP contribution is -2.34. The van der Waals surface area contributed by atoms with Crippen molar-refractivity contribution in [2.45, 2.75) is 24.3 Å². The highest BCUT2D eigenvalue weighted by Gasteiger charge is 2.18. The van der Waals surface area contributed by atoms with Crippen LogP contribution in [0, 0.1) is 0 Å². The van der Waals surface area contributed by atoms with Crippen molar-refractivity contribution in [1.29, 1.82) is 0 Å². The molecule has 5 nitrogen and oxygen atoms in total. The molecule has 0 aromatic heterocycles. The molecule has 0 amide bonds. The lowest BCUT2D eigenvalue weighted by molar-refractivity contribution is 0.234. The highest BCUT2D eigenvalue weighted by atomic mass is 32.2. The van der Waals surface area contributed by atoms with Crippen molar-refractivity contribution in [1.82, 2.24) is 4.31 Å². The Labute approximate surface area is 108 Å². The molecular formula is C12H20N2O3S. The zero-order chi connectivity index (χ0) is 14.0. The van der Waals surface area contributed by atoms with Gasteiger partial charge in [-0.25, -0.2) is 12.7 Å². The molecule has 1 rings (SSSR count). The van der Waals surface area contributed by atoms with Gasteiger partial charge >= 0.3 is 0 Å². The van der Waals surface area contributed by atoms with Gasteiger partial charge in [0.15, 0.2) is 0 Å². The number of aliphatic hydroxyl groups is 1. The average Bonchev–Trinajstić information content (AvgIpc) is 2.29. The molecule has 18 heavy (non-hydrogen) atoms. The fraction of sp³-hybridized carbons (Fsp3) is 0.500. The maximum Gasteiger partial charge on any atom is 0.242 e. The van der Waals surface area contributed by atoms with Gasteiger partial charge in [0.25, 0.3) is 0 Å². The third-order valence-corrected chi connectivity index (χ3v) is 4.34. The third kappa shape index (κ3) is 3.44. The number of hydrogen-bond donors (Lipinski definition) is 2. The molecule has 0 bridgehead atoms. The minimum atomic E-state index is -3.39. The highest BCUT2D eigenvalue weighted by molar-refractivity contribution is 7.89. The summed E-state index contributed by atoms with van der Waals surface area (Å²) in [5.74, 6) is 0. The Morgan fingerprint density at radius 3 is 2.11 bits per heavy atom. The fourth-order valence-corrected chi connectivity index (χ4v) is 2.25. The van der Waals surface area contributed by atoms with Crippen molar-refractivity contribution in [2.75, 3.05) is 26.0 Å². The van der Waals surface area contributed by atoms with E-state index in [9.17, 15) is 8.42 Å². The number of sulfonamides is 1. The lowest BCUT2D eigenvalue weighted by atomic mass is 10.1. The molecule has 0 spiro atoms. The highest BCUT2D eigenvalue weighted by Crippen LogP contribution is 2.19. The summed E-state index contributed by atoms with van der Waals surface area (Å²) in [5.41, 5.74) is 0.328. The van der Waals surface area contributed by atoms with Gasteiger partial charge in [0, 0.05) is 19.8 Å². The standard InChI is InChI=1S/C12H20N2O3S/c1-12(2,9-15)13-10-5-7-11(8-6-10)18(16,17)14(3)4/h5-8,13,15H,9H2,1-4H3. The molecule has 0 saturated carbocycles. The second kappa shape index (κ2) is 5.26. The number of nitrogens with zero attached hydrogens (tertiary/aromatic N) is 1. The van der Waals surface area contributed by atoms with Crippen LogP contribution >= 0.6 is 0 Å². The van der Waals surface area contributed by atoms with Crippen molar-refractivity contribution in [3.8, 4) is 0 Å². The van der Waals surface area contributed by atoms with E-state index in [0.29, 0.717) is 0 Å². The average molecular weight is 272 g/mol. The molecule has 0 fully saturated rings. The van der Waals surface area contributed by atoms with E-state index >= 15 is 0 Å². The van der Waals surface area contributed by atoms with Gasteiger partial charge in [-0.1, -0.05) is 0 Å². The molecule has 102 valence electrons. The summed E-state index contributed by atoms with van der Waals surface area (Å²) in [6.45, 7) is 3.71. The molecule has 0 saturated heterocycles. The Bertz CT molecular complexity index is 493. The molecule has 0 aliphatic carbocycles. The molecule has 0 unspecified atom stereocenters. The van der Waals surface area contributed by atoms with Crippen molar-refractivity contribution >= 4 is 15.7 Å². The first-order valence-corrected chi connectivity index (χ1v) is 7.05. The van der Waals surface area contributed by atoms with Crippen LogP contribution in [0.1, 0.15) is 13.8 Å². The molecule has 1 aromatic carbocycles. The van der Waals surface area contributed by atoms with Crippen LogP contribution in [-0.4, -0.2) is 44.1 Å². The van der Waals surface area contributed by atoms with Crippen molar-refractivity contribution < 1.29 is 13.5 Å². The van der Waals surface area contributed by atoms with Crippen molar-refractivity contribution in [3.05, 3.63) is 24.3 Å². The molecule has 0 aliphatic rings. The van der Waals surface area contributed by atoms with Crippen LogP contribution in [-0.2, 0) is 10.0 Å². The monoisotopic (exact) mass is 272 g/mol. The summed E-state index contributed by atoms with van der Waals surface area (Å²) in [4.78, 5) is 0.250. The first-order valence-electron chi connectivity index (χ1n) is 5.61.